The van der Waals surface area contributed by atoms with E-state index in [1.807, 2.05) is 11.9 Å². The lowest BCUT2D eigenvalue weighted by molar-refractivity contribution is -0.134. The van der Waals surface area contributed by atoms with Gasteiger partial charge < -0.3 is 10.2 Å². The molecule has 7 heteroatoms. The summed E-state index contributed by atoms with van der Waals surface area (Å²) < 4.78 is 23.4. The van der Waals surface area contributed by atoms with Crippen molar-refractivity contribution in [1.82, 2.24) is 15.1 Å². The average Bonchev–Trinajstić information content (AvgIpc) is 2.40. The van der Waals surface area contributed by atoms with Crippen molar-refractivity contribution < 1.29 is 13.2 Å². The van der Waals surface area contributed by atoms with Crippen LogP contribution in [0.2, 0.25) is 0 Å². The van der Waals surface area contributed by atoms with Crippen LogP contribution >= 0.6 is 0 Å². The zero-order chi connectivity index (χ0) is 13.8. The molecule has 0 aliphatic carbocycles. The van der Waals surface area contributed by atoms with E-state index in [-0.39, 0.29) is 24.0 Å². The van der Waals surface area contributed by atoms with Crippen molar-refractivity contribution in [3.63, 3.8) is 0 Å². The highest BCUT2D eigenvalue weighted by atomic mass is 32.2. The molecule has 0 bridgehead atoms. The fraction of sp³-hybridized carbons (Fsp3) is 0.909. The third-order valence-electron chi connectivity index (χ3n) is 3.07. The van der Waals surface area contributed by atoms with Gasteiger partial charge >= 0.3 is 0 Å². The van der Waals surface area contributed by atoms with Crippen LogP contribution in [-0.2, 0) is 14.6 Å². The Kier molecular flexibility index (Phi) is 5.55. The molecule has 0 spiro atoms. The van der Waals surface area contributed by atoms with Crippen molar-refractivity contribution in [1.29, 1.82) is 0 Å². The first-order chi connectivity index (χ1) is 8.39. The second-order valence-corrected chi connectivity index (χ2v) is 7.01. The van der Waals surface area contributed by atoms with Crippen LogP contribution in [0.5, 0.6) is 0 Å². The van der Waals surface area contributed by atoms with Crippen LogP contribution in [0.25, 0.3) is 0 Å². The van der Waals surface area contributed by atoms with Crippen molar-refractivity contribution in [2.75, 3.05) is 45.4 Å². The van der Waals surface area contributed by atoms with Gasteiger partial charge in [0.15, 0.2) is 9.84 Å². The fourth-order valence-corrected chi connectivity index (χ4v) is 3.56. The third-order valence-corrected chi connectivity index (χ3v) is 4.71. The van der Waals surface area contributed by atoms with Crippen molar-refractivity contribution in [2.45, 2.75) is 19.4 Å². The van der Waals surface area contributed by atoms with Crippen LogP contribution in [0.4, 0.5) is 0 Å². The molecule has 0 aromatic carbocycles. The van der Waals surface area contributed by atoms with Gasteiger partial charge in [-0.3, -0.25) is 9.69 Å². The van der Waals surface area contributed by atoms with Crippen LogP contribution in [0.15, 0.2) is 0 Å². The summed E-state index contributed by atoms with van der Waals surface area (Å²) in [7, 11) is 0.420. The molecule has 0 radical (unpaired) electrons. The highest BCUT2D eigenvalue weighted by molar-refractivity contribution is 7.91. The predicted molar refractivity (Wildman–Crippen MR) is 71.0 cm³/mol. The van der Waals surface area contributed by atoms with Gasteiger partial charge in [0, 0.05) is 6.54 Å². The quantitative estimate of drug-likeness (QED) is 0.707. The minimum absolute atomic E-state index is 0.0525. The molecule has 1 fully saturated rings. The molecule has 0 saturated carbocycles. The van der Waals surface area contributed by atoms with E-state index >= 15 is 0 Å². The lowest BCUT2D eigenvalue weighted by atomic mass is 10.3. The molecule has 1 saturated heterocycles. The third kappa shape index (κ3) is 4.22. The standard InChI is InChI=1S/C11H23N3O3S/c1-4-5-13(3)9-14-6-7-18(16,17)8-10(12-2)11(14)15/h10,12H,4-9H2,1-3H3. The maximum atomic E-state index is 12.2. The largest absolute Gasteiger partial charge is 0.327 e. The molecule has 1 amide bonds. The first-order valence-corrected chi connectivity index (χ1v) is 8.06. The molecule has 1 unspecified atom stereocenters. The zero-order valence-electron chi connectivity index (χ0n) is 11.3. The molecular formula is C11H23N3O3S. The minimum atomic E-state index is -3.14. The number of amides is 1. The Labute approximate surface area is 109 Å². The van der Waals surface area contributed by atoms with E-state index in [0.29, 0.717) is 6.67 Å². The Morgan fingerprint density at radius 2 is 2.17 bits per heavy atom. The molecule has 1 atom stereocenters. The van der Waals surface area contributed by atoms with Gasteiger partial charge in [0.05, 0.1) is 18.2 Å². The van der Waals surface area contributed by atoms with Crippen LogP contribution in [0, 0.1) is 0 Å². The van der Waals surface area contributed by atoms with E-state index in [1.54, 1.807) is 11.9 Å². The van der Waals surface area contributed by atoms with Crippen molar-refractivity contribution in [3.05, 3.63) is 0 Å². The maximum absolute atomic E-state index is 12.2. The van der Waals surface area contributed by atoms with Gasteiger partial charge in [-0.25, -0.2) is 8.42 Å². The van der Waals surface area contributed by atoms with Gasteiger partial charge in [-0.15, -0.1) is 0 Å². The van der Waals surface area contributed by atoms with E-state index in [1.165, 1.54) is 0 Å². The van der Waals surface area contributed by atoms with Crippen molar-refractivity contribution in [3.8, 4) is 0 Å². The molecular weight excluding hydrogens is 254 g/mol. The fourth-order valence-electron chi connectivity index (χ4n) is 2.08. The van der Waals surface area contributed by atoms with Crippen LogP contribution in [-0.4, -0.2) is 75.5 Å². The molecule has 1 heterocycles. The molecule has 1 aliphatic rings. The number of likely N-dealkylation sites (N-methyl/N-ethyl adjacent to an activating group) is 1. The summed E-state index contributed by atoms with van der Waals surface area (Å²) in [4.78, 5) is 15.8. The number of hydrogen-bond acceptors (Lipinski definition) is 5. The van der Waals surface area contributed by atoms with Gasteiger partial charge in [0.2, 0.25) is 5.91 Å². The molecule has 18 heavy (non-hydrogen) atoms. The van der Waals surface area contributed by atoms with Crippen molar-refractivity contribution in [2.24, 2.45) is 0 Å². The first-order valence-electron chi connectivity index (χ1n) is 6.24. The molecule has 1 aliphatic heterocycles. The summed E-state index contributed by atoms with van der Waals surface area (Å²) in [6, 6.07) is -0.618. The second kappa shape index (κ2) is 6.49. The van der Waals surface area contributed by atoms with E-state index in [2.05, 4.69) is 12.2 Å². The number of rotatable bonds is 5. The number of nitrogens with zero attached hydrogens (tertiary/aromatic N) is 2. The van der Waals surface area contributed by atoms with Gasteiger partial charge in [-0.2, -0.15) is 0 Å². The smallest absolute Gasteiger partial charge is 0.241 e. The Hall–Kier alpha value is -0.660. The maximum Gasteiger partial charge on any atom is 0.241 e. The number of hydrogen-bond donors (Lipinski definition) is 1. The summed E-state index contributed by atoms with van der Waals surface area (Å²) in [6.45, 7) is 3.73. The summed E-state index contributed by atoms with van der Waals surface area (Å²) in [5.41, 5.74) is 0. The van der Waals surface area contributed by atoms with Gasteiger partial charge in [-0.1, -0.05) is 6.92 Å². The zero-order valence-corrected chi connectivity index (χ0v) is 12.2. The summed E-state index contributed by atoms with van der Waals surface area (Å²) in [5, 5.41) is 2.80. The molecule has 0 aromatic rings. The minimum Gasteiger partial charge on any atom is -0.327 e. The first kappa shape index (κ1) is 15.4. The lowest BCUT2D eigenvalue weighted by Crippen LogP contribution is -2.49. The summed E-state index contributed by atoms with van der Waals surface area (Å²) >= 11 is 0. The normalized spacial score (nSPS) is 24.3. The topological polar surface area (TPSA) is 69.7 Å². The summed E-state index contributed by atoms with van der Waals surface area (Å²) in [5.74, 6) is -0.172. The molecule has 0 aromatic heterocycles. The molecule has 1 N–H and O–H groups in total. The second-order valence-electron chi connectivity index (χ2n) is 4.78. The number of carbonyl (C=O) groups is 1. The average molecular weight is 277 g/mol. The molecule has 1 rings (SSSR count). The van der Waals surface area contributed by atoms with E-state index in [0.717, 1.165) is 13.0 Å². The number of sulfone groups is 1. The highest BCUT2D eigenvalue weighted by Crippen LogP contribution is 2.08. The Bertz CT molecular complexity index is 383. The van der Waals surface area contributed by atoms with E-state index < -0.39 is 15.9 Å². The Balaban J connectivity index is 2.76. The van der Waals surface area contributed by atoms with Gasteiger partial charge in [-0.05, 0) is 27.1 Å². The Morgan fingerprint density at radius 1 is 1.50 bits per heavy atom. The van der Waals surface area contributed by atoms with Gasteiger partial charge in [0.25, 0.3) is 0 Å². The van der Waals surface area contributed by atoms with E-state index in [9.17, 15) is 13.2 Å². The SMILES string of the molecule is CCCN(C)CN1CCS(=O)(=O)CC(NC)C1=O. The lowest BCUT2D eigenvalue weighted by Gasteiger charge is -2.28. The Morgan fingerprint density at radius 3 is 2.72 bits per heavy atom. The van der Waals surface area contributed by atoms with Crippen LogP contribution in [0.3, 0.4) is 0 Å². The summed E-state index contributed by atoms with van der Waals surface area (Å²) in [6.07, 6.45) is 1.01. The molecule has 106 valence electrons. The van der Waals surface area contributed by atoms with E-state index in [4.69, 9.17) is 0 Å². The monoisotopic (exact) mass is 277 g/mol. The van der Waals surface area contributed by atoms with Crippen LogP contribution in [0.1, 0.15) is 13.3 Å². The number of nitrogens with one attached hydrogen (secondary N) is 1. The number of carbonyl (C=O) groups excluding carboxylic acids is 1. The van der Waals surface area contributed by atoms with Gasteiger partial charge in [0.1, 0.15) is 6.04 Å². The highest BCUT2D eigenvalue weighted by Gasteiger charge is 2.32. The molecule has 6 nitrogen and oxygen atoms in total. The predicted octanol–water partition coefficient (Wildman–Crippen LogP) is -0.869. The van der Waals surface area contributed by atoms with Crippen molar-refractivity contribution >= 4 is 15.7 Å². The van der Waals surface area contributed by atoms with Crippen LogP contribution < -0.4 is 5.32 Å².